The van der Waals surface area contributed by atoms with Crippen LogP contribution in [-0.4, -0.2) is 16.8 Å². The summed E-state index contributed by atoms with van der Waals surface area (Å²) in [6.45, 7) is 0. The van der Waals surface area contributed by atoms with Gasteiger partial charge in [-0.25, -0.2) is 0 Å². The molecule has 0 fully saturated rings. The van der Waals surface area contributed by atoms with E-state index in [1.54, 1.807) is 12.1 Å². The van der Waals surface area contributed by atoms with Gasteiger partial charge in [0.2, 0.25) is 0 Å². The van der Waals surface area contributed by atoms with Crippen molar-refractivity contribution in [3.8, 4) is 0 Å². The highest BCUT2D eigenvalue weighted by atomic mass is 79.9. The highest BCUT2D eigenvalue weighted by molar-refractivity contribution is 9.11. The van der Waals surface area contributed by atoms with Crippen LogP contribution in [0.5, 0.6) is 0 Å². The largest absolute Gasteiger partial charge is 0.433 e. The highest BCUT2D eigenvalue weighted by Gasteiger charge is 2.32. The molecule has 2 rings (SSSR count). The Balaban J connectivity index is 1.96. The lowest BCUT2D eigenvalue weighted by Gasteiger charge is -2.08. The van der Waals surface area contributed by atoms with Gasteiger partial charge in [0.15, 0.2) is 0 Å². The predicted molar refractivity (Wildman–Crippen MR) is 76.2 cm³/mol. The Kier molecular flexibility index (Phi) is 4.81. The third kappa shape index (κ3) is 4.04. The molecule has 2 amide bonds. The third-order valence-electron chi connectivity index (χ3n) is 2.40. The van der Waals surface area contributed by atoms with Gasteiger partial charge in [-0.3, -0.25) is 25.4 Å². The van der Waals surface area contributed by atoms with Gasteiger partial charge in [-0.15, -0.1) is 11.3 Å². The SMILES string of the molecule is O=C(NNC(=O)c1ccc(Br)s1)c1ccc(C(F)(F)F)nc1. The number of pyridine rings is 1. The topological polar surface area (TPSA) is 71.1 Å². The van der Waals surface area contributed by atoms with Crippen LogP contribution < -0.4 is 10.9 Å². The molecule has 0 atom stereocenters. The van der Waals surface area contributed by atoms with Gasteiger partial charge in [-0.05, 0) is 40.2 Å². The molecule has 0 unspecified atom stereocenters. The van der Waals surface area contributed by atoms with Crippen LogP contribution in [0.4, 0.5) is 13.2 Å². The van der Waals surface area contributed by atoms with Gasteiger partial charge in [0.05, 0.1) is 14.2 Å². The molecule has 0 aliphatic heterocycles. The van der Waals surface area contributed by atoms with E-state index in [4.69, 9.17) is 0 Å². The number of halogens is 4. The summed E-state index contributed by atoms with van der Waals surface area (Å²) in [5.74, 6) is -1.31. The second-order valence-corrected chi connectivity index (χ2v) is 6.40. The summed E-state index contributed by atoms with van der Waals surface area (Å²) in [6.07, 6.45) is -3.79. The van der Waals surface area contributed by atoms with Crippen molar-refractivity contribution in [2.45, 2.75) is 6.18 Å². The van der Waals surface area contributed by atoms with E-state index in [2.05, 4.69) is 31.8 Å². The molecule has 2 N–H and O–H groups in total. The summed E-state index contributed by atoms with van der Waals surface area (Å²) in [7, 11) is 0. The zero-order valence-electron chi connectivity index (χ0n) is 10.6. The molecule has 5 nitrogen and oxygen atoms in total. The maximum atomic E-state index is 12.3. The molecule has 0 spiro atoms. The Morgan fingerprint density at radius 2 is 1.77 bits per heavy atom. The first-order valence-corrected chi connectivity index (χ1v) is 7.27. The minimum absolute atomic E-state index is 0.110. The number of alkyl halides is 3. The zero-order valence-corrected chi connectivity index (χ0v) is 13.0. The number of nitrogens with zero attached hydrogens (tertiary/aromatic N) is 1. The van der Waals surface area contributed by atoms with E-state index in [0.29, 0.717) is 10.9 Å². The fraction of sp³-hybridized carbons (Fsp3) is 0.0833. The van der Waals surface area contributed by atoms with Gasteiger partial charge in [0.1, 0.15) is 5.69 Å². The van der Waals surface area contributed by atoms with Crippen molar-refractivity contribution in [3.63, 3.8) is 0 Å². The molecule has 116 valence electrons. The van der Waals surface area contributed by atoms with Crippen LogP contribution in [0.3, 0.4) is 0 Å². The van der Waals surface area contributed by atoms with Crippen molar-refractivity contribution in [3.05, 3.63) is 50.4 Å². The standard InChI is InChI=1S/C12H7BrF3N3O2S/c13-9-4-2-7(22-9)11(21)19-18-10(20)6-1-3-8(17-5-6)12(14,15)16/h1-5H,(H,18,20)(H,19,21). The van der Waals surface area contributed by atoms with Crippen LogP contribution in [0.1, 0.15) is 25.7 Å². The van der Waals surface area contributed by atoms with Gasteiger partial charge in [-0.2, -0.15) is 13.2 Å². The minimum Gasteiger partial charge on any atom is -0.267 e. The number of thiophene rings is 1. The molecule has 0 saturated carbocycles. The van der Waals surface area contributed by atoms with Gasteiger partial charge in [-0.1, -0.05) is 0 Å². The van der Waals surface area contributed by atoms with Crippen LogP contribution >= 0.6 is 27.3 Å². The Bertz CT molecular complexity index is 700. The molecule has 2 heterocycles. The molecule has 0 bridgehead atoms. The van der Waals surface area contributed by atoms with Gasteiger partial charge in [0.25, 0.3) is 11.8 Å². The molecule has 0 radical (unpaired) electrons. The summed E-state index contributed by atoms with van der Waals surface area (Å²) < 4.78 is 37.8. The van der Waals surface area contributed by atoms with E-state index in [1.807, 2.05) is 0 Å². The maximum absolute atomic E-state index is 12.3. The van der Waals surface area contributed by atoms with E-state index < -0.39 is 23.7 Å². The lowest BCUT2D eigenvalue weighted by atomic mass is 10.2. The Morgan fingerprint density at radius 1 is 1.09 bits per heavy atom. The Hall–Kier alpha value is -1.94. The number of amides is 2. The normalized spacial score (nSPS) is 11.1. The molecule has 0 aliphatic carbocycles. The summed E-state index contributed by atoms with van der Waals surface area (Å²) in [5.41, 5.74) is 3.04. The Labute approximate surface area is 134 Å². The first-order chi connectivity index (χ1) is 10.3. The van der Waals surface area contributed by atoms with Crippen LogP contribution in [-0.2, 0) is 6.18 Å². The summed E-state index contributed by atoms with van der Waals surface area (Å²) in [6, 6.07) is 4.88. The number of carbonyl (C=O) groups excluding carboxylic acids is 2. The fourth-order valence-corrected chi connectivity index (χ4v) is 2.66. The average Bonchev–Trinajstić information content (AvgIpc) is 2.90. The van der Waals surface area contributed by atoms with Crippen LogP contribution in [0.15, 0.2) is 34.2 Å². The molecule has 10 heteroatoms. The second-order valence-electron chi connectivity index (χ2n) is 3.94. The monoisotopic (exact) mass is 393 g/mol. The molecular formula is C12H7BrF3N3O2S. The first-order valence-electron chi connectivity index (χ1n) is 5.66. The van der Waals surface area contributed by atoms with Gasteiger partial charge >= 0.3 is 6.18 Å². The van der Waals surface area contributed by atoms with Crippen molar-refractivity contribution in [2.24, 2.45) is 0 Å². The lowest BCUT2D eigenvalue weighted by Crippen LogP contribution is -2.41. The highest BCUT2D eigenvalue weighted by Crippen LogP contribution is 2.27. The van der Waals surface area contributed by atoms with Crippen LogP contribution in [0.25, 0.3) is 0 Å². The zero-order chi connectivity index (χ0) is 16.3. The van der Waals surface area contributed by atoms with Crippen molar-refractivity contribution in [2.75, 3.05) is 0 Å². The predicted octanol–water partition coefficient (Wildman–Crippen LogP) is 3.00. The molecule has 22 heavy (non-hydrogen) atoms. The maximum Gasteiger partial charge on any atom is 0.433 e. The average molecular weight is 394 g/mol. The van der Waals surface area contributed by atoms with E-state index in [1.165, 1.54) is 0 Å². The van der Waals surface area contributed by atoms with E-state index in [0.717, 1.165) is 27.4 Å². The smallest absolute Gasteiger partial charge is 0.267 e. The van der Waals surface area contributed by atoms with E-state index >= 15 is 0 Å². The first kappa shape index (κ1) is 16.4. The summed E-state index contributed by atoms with van der Waals surface area (Å²) in [4.78, 5) is 26.9. The van der Waals surface area contributed by atoms with E-state index in [9.17, 15) is 22.8 Å². The number of hydrogen-bond donors (Lipinski definition) is 2. The van der Waals surface area contributed by atoms with Gasteiger partial charge in [0, 0.05) is 6.20 Å². The minimum atomic E-state index is -4.57. The quantitative estimate of drug-likeness (QED) is 0.770. The fourth-order valence-electron chi connectivity index (χ4n) is 1.38. The van der Waals surface area contributed by atoms with Crippen molar-refractivity contribution in [1.29, 1.82) is 0 Å². The molecule has 0 saturated heterocycles. The van der Waals surface area contributed by atoms with Crippen molar-refractivity contribution in [1.82, 2.24) is 15.8 Å². The molecular weight excluding hydrogens is 387 g/mol. The number of rotatable bonds is 2. The van der Waals surface area contributed by atoms with Crippen LogP contribution in [0.2, 0.25) is 0 Å². The Morgan fingerprint density at radius 3 is 2.27 bits per heavy atom. The number of hydrazine groups is 1. The number of hydrogen-bond acceptors (Lipinski definition) is 4. The lowest BCUT2D eigenvalue weighted by molar-refractivity contribution is -0.141. The van der Waals surface area contributed by atoms with E-state index in [-0.39, 0.29) is 5.56 Å². The molecule has 2 aromatic rings. The second kappa shape index (κ2) is 6.44. The number of carbonyl (C=O) groups is 2. The molecule has 0 aliphatic rings. The number of aromatic nitrogens is 1. The summed E-state index contributed by atoms with van der Waals surface area (Å²) >= 11 is 4.35. The summed E-state index contributed by atoms with van der Waals surface area (Å²) in [5, 5.41) is 0. The molecule has 0 aromatic carbocycles. The molecule has 2 aromatic heterocycles. The van der Waals surface area contributed by atoms with Crippen LogP contribution in [0, 0.1) is 0 Å². The van der Waals surface area contributed by atoms with Crippen molar-refractivity contribution >= 4 is 39.1 Å². The van der Waals surface area contributed by atoms with Gasteiger partial charge < -0.3 is 0 Å². The number of nitrogens with one attached hydrogen (secondary N) is 2. The third-order valence-corrected chi connectivity index (χ3v) is 4.03. The van der Waals surface area contributed by atoms with Crippen molar-refractivity contribution < 1.29 is 22.8 Å².